The Morgan fingerprint density at radius 2 is 1.81 bits per heavy atom. The molecule has 3 heterocycles. The molecule has 0 unspecified atom stereocenters. The van der Waals surface area contributed by atoms with Crippen LogP contribution in [-0.4, -0.2) is 55.4 Å². The Bertz CT molecular complexity index is 795. The van der Waals surface area contributed by atoms with Gasteiger partial charge in [-0.15, -0.1) is 10.2 Å². The van der Waals surface area contributed by atoms with E-state index in [1.807, 2.05) is 7.05 Å². The number of rotatable bonds is 3. The summed E-state index contributed by atoms with van der Waals surface area (Å²) in [5.74, 6) is 0.879. The fourth-order valence-corrected chi connectivity index (χ4v) is 4.88. The Morgan fingerprint density at radius 3 is 2.52 bits per heavy atom. The predicted octanol–water partition coefficient (Wildman–Crippen LogP) is 3.81. The molecule has 0 radical (unpaired) electrons. The lowest BCUT2D eigenvalue weighted by atomic mass is 9.72. The van der Waals surface area contributed by atoms with Crippen LogP contribution in [0.2, 0.25) is 0 Å². The molecule has 0 atom stereocenters. The molecule has 0 amide bonds. The average molecular weight is 366 g/mol. The van der Waals surface area contributed by atoms with E-state index in [0.717, 1.165) is 30.2 Å². The molecule has 1 spiro atoms. The van der Waals surface area contributed by atoms with Crippen molar-refractivity contribution in [2.24, 2.45) is 5.41 Å². The molecule has 4 rings (SSSR count). The van der Waals surface area contributed by atoms with Gasteiger partial charge in [0.15, 0.2) is 5.82 Å². The second-order valence-electron chi connectivity index (χ2n) is 8.36. The van der Waals surface area contributed by atoms with Gasteiger partial charge in [0.25, 0.3) is 0 Å². The van der Waals surface area contributed by atoms with Crippen molar-refractivity contribution >= 4 is 11.5 Å². The van der Waals surface area contributed by atoms with Crippen LogP contribution < -0.4 is 10.2 Å². The molecule has 5 heteroatoms. The maximum atomic E-state index is 4.49. The fraction of sp³-hybridized carbons (Fsp3) is 0.545. The summed E-state index contributed by atoms with van der Waals surface area (Å²) in [4.78, 5) is 5.02. The van der Waals surface area contributed by atoms with Gasteiger partial charge in [-0.05, 0) is 63.2 Å². The minimum atomic E-state index is 0.516. The quantitative estimate of drug-likeness (QED) is 0.896. The highest BCUT2D eigenvalue weighted by Gasteiger charge is 2.37. The first-order chi connectivity index (χ1) is 13.1. The normalized spacial score (nSPS) is 20.0. The van der Waals surface area contributed by atoms with E-state index in [9.17, 15) is 0 Å². The highest BCUT2D eigenvalue weighted by molar-refractivity contribution is 5.73. The summed E-state index contributed by atoms with van der Waals surface area (Å²) in [6.45, 7) is 6.84. The molecule has 1 N–H and O–H groups in total. The molecule has 1 aromatic heterocycles. The molecule has 1 aromatic carbocycles. The van der Waals surface area contributed by atoms with Crippen LogP contribution in [0, 0.1) is 12.3 Å². The van der Waals surface area contributed by atoms with Crippen LogP contribution in [0.25, 0.3) is 11.3 Å². The van der Waals surface area contributed by atoms with Crippen LogP contribution >= 0.6 is 0 Å². The number of hydrogen-bond acceptors (Lipinski definition) is 5. The van der Waals surface area contributed by atoms with Gasteiger partial charge in [-0.3, -0.25) is 0 Å². The molecule has 2 fully saturated rings. The van der Waals surface area contributed by atoms with E-state index >= 15 is 0 Å². The van der Waals surface area contributed by atoms with Gasteiger partial charge in [0, 0.05) is 32.2 Å². The van der Waals surface area contributed by atoms with Gasteiger partial charge in [0.05, 0.1) is 11.4 Å². The van der Waals surface area contributed by atoms with Crippen LogP contribution in [0.15, 0.2) is 30.3 Å². The number of benzene rings is 1. The number of aromatic nitrogens is 2. The minimum absolute atomic E-state index is 0.516. The Morgan fingerprint density at radius 1 is 1.04 bits per heavy atom. The minimum Gasteiger partial charge on any atom is -0.370 e. The van der Waals surface area contributed by atoms with Crippen molar-refractivity contribution in [2.75, 3.05) is 50.5 Å². The summed E-state index contributed by atoms with van der Waals surface area (Å²) in [6, 6.07) is 10.6. The first kappa shape index (κ1) is 18.2. The van der Waals surface area contributed by atoms with Gasteiger partial charge in [-0.2, -0.15) is 0 Å². The zero-order chi connectivity index (χ0) is 18.9. The van der Waals surface area contributed by atoms with Crippen molar-refractivity contribution in [1.29, 1.82) is 0 Å². The first-order valence-corrected chi connectivity index (χ1v) is 10.2. The third kappa shape index (κ3) is 3.65. The fourth-order valence-electron chi connectivity index (χ4n) is 4.88. The van der Waals surface area contributed by atoms with Crippen LogP contribution in [-0.2, 0) is 0 Å². The molecule has 0 saturated carbocycles. The lowest BCUT2D eigenvalue weighted by Crippen LogP contribution is -2.48. The molecular formula is C22H31N5. The molecule has 2 aliphatic rings. The van der Waals surface area contributed by atoms with Crippen LogP contribution in [0.1, 0.15) is 31.2 Å². The molecule has 0 bridgehead atoms. The van der Waals surface area contributed by atoms with Crippen molar-refractivity contribution < 1.29 is 0 Å². The highest BCUT2D eigenvalue weighted by Crippen LogP contribution is 2.41. The smallest absolute Gasteiger partial charge is 0.172 e. The SMILES string of the molecule is CNc1nnc(-c2ccccc2C)cc1N1CCC2(CCCN(C)C2)CC1. The van der Waals surface area contributed by atoms with Gasteiger partial charge < -0.3 is 15.1 Å². The number of nitrogens with zero attached hydrogens (tertiary/aromatic N) is 4. The standard InChI is InChI=1S/C22H31N5/c1-17-7-4-5-8-18(17)19-15-20(21(23-2)25-24-19)27-13-10-22(11-14-27)9-6-12-26(3)16-22/h4-5,7-8,15H,6,9-14,16H2,1-3H3,(H,23,25). The monoisotopic (exact) mass is 365 g/mol. The van der Waals surface area contributed by atoms with Gasteiger partial charge in [0.2, 0.25) is 0 Å². The number of nitrogens with one attached hydrogen (secondary N) is 1. The van der Waals surface area contributed by atoms with E-state index in [-0.39, 0.29) is 0 Å². The predicted molar refractivity (Wildman–Crippen MR) is 112 cm³/mol. The van der Waals surface area contributed by atoms with Crippen molar-refractivity contribution in [2.45, 2.75) is 32.6 Å². The topological polar surface area (TPSA) is 44.3 Å². The molecular weight excluding hydrogens is 334 g/mol. The Labute approximate surface area is 162 Å². The van der Waals surface area contributed by atoms with E-state index in [2.05, 4.69) is 69.6 Å². The Kier molecular flexibility index (Phi) is 5.04. The zero-order valence-corrected chi connectivity index (χ0v) is 16.8. The Hall–Kier alpha value is -2.14. The second-order valence-corrected chi connectivity index (χ2v) is 8.36. The molecule has 144 valence electrons. The summed E-state index contributed by atoms with van der Waals surface area (Å²) in [7, 11) is 4.20. The van der Waals surface area contributed by atoms with Crippen molar-refractivity contribution in [3.8, 4) is 11.3 Å². The van der Waals surface area contributed by atoms with Crippen LogP contribution in [0.5, 0.6) is 0 Å². The molecule has 0 aliphatic carbocycles. The third-order valence-corrected chi connectivity index (χ3v) is 6.45. The lowest BCUT2D eigenvalue weighted by molar-refractivity contribution is 0.0822. The maximum absolute atomic E-state index is 4.49. The van der Waals surface area contributed by atoms with E-state index in [1.54, 1.807) is 0 Å². The van der Waals surface area contributed by atoms with Gasteiger partial charge in [0.1, 0.15) is 0 Å². The molecule has 5 nitrogen and oxygen atoms in total. The summed E-state index contributed by atoms with van der Waals surface area (Å²) < 4.78 is 0. The van der Waals surface area contributed by atoms with Crippen LogP contribution in [0.3, 0.4) is 0 Å². The third-order valence-electron chi connectivity index (χ3n) is 6.45. The van der Waals surface area contributed by atoms with E-state index in [4.69, 9.17) is 0 Å². The van der Waals surface area contributed by atoms with Crippen molar-refractivity contribution in [1.82, 2.24) is 15.1 Å². The van der Waals surface area contributed by atoms with Crippen molar-refractivity contribution in [3.05, 3.63) is 35.9 Å². The summed E-state index contributed by atoms with van der Waals surface area (Å²) in [6.07, 6.45) is 5.25. The number of likely N-dealkylation sites (tertiary alicyclic amines) is 1. The summed E-state index contributed by atoms with van der Waals surface area (Å²) in [5, 5.41) is 12.2. The van der Waals surface area contributed by atoms with Gasteiger partial charge in [-0.25, -0.2) is 0 Å². The molecule has 27 heavy (non-hydrogen) atoms. The number of anilines is 2. The van der Waals surface area contributed by atoms with E-state index in [1.165, 1.54) is 50.0 Å². The number of piperidine rings is 2. The first-order valence-electron chi connectivity index (χ1n) is 10.2. The molecule has 2 aromatic rings. The number of hydrogen-bond donors (Lipinski definition) is 1. The van der Waals surface area contributed by atoms with Gasteiger partial charge in [-0.1, -0.05) is 24.3 Å². The zero-order valence-electron chi connectivity index (χ0n) is 16.8. The molecule has 2 saturated heterocycles. The van der Waals surface area contributed by atoms with E-state index in [0.29, 0.717) is 5.41 Å². The summed E-state index contributed by atoms with van der Waals surface area (Å²) >= 11 is 0. The molecule has 2 aliphatic heterocycles. The van der Waals surface area contributed by atoms with Crippen molar-refractivity contribution in [3.63, 3.8) is 0 Å². The Balaban J connectivity index is 1.58. The average Bonchev–Trinajstić information content (AvgIpc) is 2.68. The van der Waals surface area contributed by atoms with Gasteiger partial charge >= 0.3 is 0 Å². The number of aryl methyl sites for hydroxylation is 1. The maximum Gasteiger partial charge on any atom is 0.172 e. The second kappa shape index (κ2) is 7.47. The summed E-state index contributed by atoms with van der Waals surface area (Å²) in [5.41, 5.74) is 5.06. The van der Waals surface area contributed by atoms with Crippen LogP contribution in [0.4, 0.5) is 11.5 Å². The highest BCUT2D eigenvalue weighted by atomic mass is 15.2. The lowest BCUT2D eigenvalue weighted by Gasteiger charge is -2.47. The largest absolute Gasteiger partial charge is 0.370 e. The van der Waals surface area contributed by atoms with E-state index < -0.39 is 0 Å².